The third kappa shape index (κ3) is 3.91. The molecule has 2 aromatic rings. The zero-order valence-electron chi connectivity index (χ0n) is 11.1. The van der Waals surface area contributed by atoms with Gasteiger partial charge in [-0.2, -0.15) is 0 Å². The van der Waals surface area contributed by atoms with Crippen molar-refractivity contribution in [2.75, 3.05) is 11.9 Å². The van der Waals surface area contributed by atoms with Crippen molar-refractivity contribution in [2.24, 2.45) is 0 Å². The Morgan fingerprint density at radius 1 is 1.30 bits per heavy atom. The molecule has 0 aliphatic carbocycles. The normalized spacial score (nSPS) is 10.4. The van der Waals surface area contributed by atoms with Crippen LogP contribution in [0.1, 0.15) is 12.5 Å². The average Bonchev–Trinajstić information content (AvgIpc) is 2.49. The Bertz CT molecular complexity index is 597. The Balaban J connectivity index is 2.03. The topological polar surface area (TPSA) is 64.1 Å². The van der Waals surface area contributed by atoms with Crippen molar-refractivity contribution in [3.63, 3.8) is 0 Å². The number of ether oxygens (including phenoxy) is 1. The predicted octanol–water partition coefficient (Wildman–Crippen LogP) is 2.53. The van der Waals surface area contributed by atoms with E-state index < -0.39 is 0 Å². The molecule has 102 valence electrons. The largest absolute Gasteiger partial charge is 0.476 e. The van der Waals surface area contributed by atoms with Gasteiger partial charge in [0.05, 0.1) is 6.61 Å². The molecular formula is C15H15N3O2. The number of hydrogen-bond acceptors (Lipinski definition) is 4. The van der Waals surface area contributed by atoms with Crippen molar-refractivity contribution in [3.8, 4) is 5.88 Å². The van der Waals surface area contributed by atoms with Crippen LogP contribution in [0.15, 0.2) is 48.9 Å². The number of rotatable bonds is 5. The van der Waals surface area contributed by atoms with Crippen LogP contribution in [0.4, 0.5) is 5.69 Å². The van der Waals surface area contributed by atoms with Gasteiger partial charge >= 0.3 is 0 Å². The lowest BCUT2D eigenvalue weighted by atomic mass is 10.2. The van der Waals surface area contributed by atoms with Crippen molar-refractivity contribution >= 4 is 17.7 Å². The van der Waals surface area contributed by atoms with Gasteiger partial charge in [-0.05, 0) is 42.8 Å². The summed E-state index contributed by atoms with van der Waals surface area (Å²) < 4.78 is 5.34. The van der Waals surface area contributed by atoms with E-state index in [0.29, 0.717) is 18.2 Å². The summed E-state index contributed by atoms with van der Waals surface area (Å²) >= 11 is 0. The van der Waals surface area contributed by atoms with E-state index in [1.54, 1.807) is 36.8 Å². The number of amides is 1. The van der Waals surface area contributed by atoms with E-state index in [9.17, 15) is 4.79 Å². The van der Waals surface area contributed by atoms with Crippen LogP contribution in [0.3, 0.4) is 0 Å². The van der Waals surface area contributed by atoms with Gasteiger partial charge in [0, 0.05) is 24.7 Å². The first-order valence-corrected chi connectivity index (χ1v) is 6.26. The van der Waals surface area contributed by atoms with E-state index in [1.807, 2.05) is 19.1 Å². The molecule has 0 aromatic carbocycles. The summed E-state index contributed by atoms with van der Waals surface area (Å²) in [5.74, 6) is 0.177. The fourth-order valence-corrected chi connectivity index (χ4v) is 1.56. The van der Waals surface area contributed by atoms with Gasteiger partial charge in [-0.15, -0.1) is 0 Å². The zero-order chi connectivity index (χ0) is 14.2. The minimum absolute atomic E-state index is 0.240. The maximum absolute atomic E-state index is 11.8. The smallest absolute Gasteiger partial charge is 0.248 e. The lowest BCUT2D eigenvalue weighted by Gasteiger charge is -2.08. The van der Waals surface area contributed by atoms with Crippen LogP contribution in [0.25, 0.3) is 6.08 Å². The monoisotopic (exact) mass is 269 g/mol. The fraction of sp³-hybridized carbons (Fsp3) is 0.133. The number of aromatic nitrogens is 2. The van der Waals surface area contributed by atoms with E-state index >= 15 is 0 Å². The van der Waals surface area contributed by atoms with E-state index in [2.05, 4.69) is 15.3 Å². The molecule has 2 aromatic heterocycles. The summed E-state index contributed by atoms with van der Waals surface area (Å²) in [5, 5.41) is 2.74. The molecule has 1 N–H and O–H groups in total. The maximum Gasteiger partial charge on any atom is 0.248 e. The Labute approximate surface area is 117 Å². The van der Waals surface area contributed by atoms with Crippen LogP contribution >= 0.6 is 0 Å². The molecule has 0 aliphatic heterocycles. The van der Waals surface area contributed by atoms with Crippen LogP contribution in [0.5, 0.6) is 5.88 Å². The molecule has 2 heterocycles. The Morgan fingerprint density at radius 3 is 2.85 bits per heavy atom. The van der Waals surface area contributed by atoms with Gasteiger partial charge in [-0.1, -0.05) is 0 Å². The van der Waals surface area contributed by atoms with Gasteiger partial charge in [0.2, 0.25) is 11.8 Å². The van der Waals surface area contributed by atoms with Gasteiger partial charge in [-0.3, -0.25) is 9.78 Å². The van der Waals surface area contributed by atoms with E-state index in [0.717, 1.165) is 5.56 Å². The van der Waals surface area contributed by atoms with E-state index in [-0.39, 0.29) is 5.91 Å². The van der Waals surface area contributed by atoms with Crippen molar-refractivity contribution in [1.29, 1.82) is 0 Å². The molecule has 20 heavy (non-hydrogen) atoms. The number of anilines is 1. The summed E-state index contributed by atoms with van der Waals surface area (Å²) in [7, 11) is 0. The van der Waals surface area contributed by atoms with Gasteiger partial charge in [0.15, 0.2) is 0 Å². The molecule has 0 bridgehead atoms. The first kappa shape index (κ1) is 13.7. The summed E-state index contributed by atoms with van der Waals surface area (Å²) in [6.45, 7) is 2.36. The highest BCUT2D eigenvalue weighted by molar-refractivity contribution is 6.02. The molecule has 0 aliphatic rings. The Hall–Kier alpha value is -2.69. The molecule has 2 rings (SSSR count). The molecule has 0 fully saturated rings. The van der Waals surface area contributed by atoms with Crippen molar-refractivity contribution in [2.45, 2.75) is 6.92 Å². The maximum atomic E-state index is 11.8. The number of nitrogens with zero attached hydrogens (tertiary/aromatic N) is 2. The molecule has 0 radical (unpaired) electrons. The summed E-state index contributed by atoms with van der Waals surface area (Å²) in [6, 6.07) is 7.12. The van der Waals surface area contributed by atoms with Crippen molar-refractivity contribution in [3.05, 3.63) is 54.5 Å². The minimum Gasteiger partial charge on any atom is -0.476 e. The molecule has 5 nitrogen and oxygen atoms in total. The molecular weight excluding hydrogens is 254 g/mol. The van der Waals surface area contributed by atoms with Gasteiger partial charge in [-0.25, -0.2) is 4.98 Å². The number of carbonyl (C=O) groups is 1. The highest BCUT2D eigenvalue weighted by Gasteiger charge is 2.05. The second-order valence-electron chi connectivity index (χ2n) is 3.89. The minimum atomic E-state index is -0.240. The Morgan fingerprint density at radius 2 is 2.10 bits per heavy atom. The molecule has 0 unspecified atom stereocenters. The fourth-order valence-electron chi connectivity index (χ4n) is 1.56. The first-order valence-electron chi connectivity index (χ1n) is 6.26. The average molecular weight is 269 g/mol. The second kappa shape index (κ2) is 7.04. The van der Waals surface area contributed by atoms with Crippen molar-refractivity contribution in [1.82, 2.24) is 9.97 Å². The summed E-state index contributed by atoms with van der Waals surface area (Å²) in [4.78, 5) is 19.8. The number of carbonyl (C=O) groups excluding carboxylic acids is 1. The summed E-state index contributed by atoms with van der Waals surface area (Å²) in [5.41, 5.74) is 1.46. The van der Waals surface area contributed by atoms with E-state index in [4.69, 9.17) is 4.74 Å². The van der Waals surface area contributed by atoms with Crippen molar-refractivity contribution < 1.29 is 9.53 Å². The number of pyridine rings is 2. The van der Waals surface area contributed by atoms with Crippen LogP contribution in [0, 0.1) is 0 Å². The second-order valence-corrected chi connectivity index (χ2v) is 3.89. The zero-order valence-corrected chi connectivity index (χ0v) is 11.1. The number of nitrogens with one attached hydrogen (secondary N) is 1. The first-order chi connectivity index (χ1) is 9.79. The van der Waals surface area contributed by atoms with Crippen LogP contribution in [0.2, 0.25) is 0 Å². The number of hydrogen-bond donors (Lipinski definition) is 1. The quantitative estimate of drug-likeness (QED) is 0.847. The van der Waals surface area contributed by atoms with Gasteiger partial charge < -0.3 is 10.1 Å². The van der Waals surface area contributed by atoms with Crippen LogP contribution in [-0.2, 0) is 4.79 Å². The molecule has 0 saturated carbocycles. The molecule has 0 saturated heterocycles. The molecule has 0 atom stereocenters. The summed E-state index contributed by atoms with van der Waals surface area (Å²) in [6.07, 6.45) is 8.14. The highest BCUT2D eigenvalue weighted by atomic mass is 16.5. The standard InChI is InChI=1S/C15H15N3O2/c1-2-20-15-13(4-3-9-17-15)18-14(19)6-5-12-7-10-16-11-8-12/h3-11H,2H2,1H3,(H,18,19). The van der Waals surface area contributed by atoms with Crippen LogP contribution in [-0.4, -0.2) is 22.5 Å². The lowest BCUT2D eigenvalue weighted by molar-refractivity contribution is -0.111. The third-order valence-corrected chi connectivity index (χ3v) is 2.44. The SMILES string of the molecule is CCOc1ncccc1NC(=O)C=Cc1ccncc1. The van der Waals surface area contributed by atoms with Gasteiger partial charge in [0.1, 0.15) is 5.69 Å². The third-order valence-electron chi connectivity index (χ3n) is 2.44. The highest BCUT2D eigenvalue weighted by Crippen LogP contribution is 2.20. The Kier molecular flexibility index (Phi) is 4.83. The molecule has 5 heteroatoms. The lowest BCUT2D eigenvalue weighted by Crippen LogP contribution is -2.10. The van der Waals surface area contributed by atoms with Crippen LogP contribution < -0.4 is 10.1 Å². The predicted molar refractivity (Wildman–Crippen MR) is 77.3 cm³/mol. The molecule has 1 amide bonds. The molecule has 0 spiro atoms. The van der Waals surface area contributed by atoms with Gasteiger partial charge in [0.25, 0.3) is 0 Å². The van der Waals surface area contributed by atoms with E-state index in [1.165, 1.54) is 6.08 Å².